The van der Waals surface area contributed by atoms with Gasteiger partial charge in [-0.3, -0.25) is 4.99 Å². The molecule has 0 saturated heterocycles. The minimum Gasteiger partial charge on any atom is -0.294 e. The first-order chi connectivity index (χ1) is 5.22. The lowest BCUT2D eigenvalue weighted by atomic mass is 10.00. The van der Waals surface area contributed by atoms with Crippen molar-refractivity contribution in [1.29, 1.82) is 0 Å². The van der Waals surface area contributed by atoms with E-state index in [1.54, 1.807) is 0 Å². The van der Waals surface area contributed by atoms with Crippen LogP contribution in [-0.4, -0.2) is 12.3 Å². The summed E-state index contributed by atoms with van der Waals surface area (Å²) in [5.74, 6) is 0.690. The predicted molar refractivity (Wildman–Crippen MR) is 52.3 cm³/mol. The number of hydrogen-bond donors (Lipinski definition) is 0. The normalized spacial score (nSPS) is 15.1. The maximum Gasteiger partial charge on any atom is 0.0360 e. The van der Waals surface area contributed by atoms with Crippen molar-refractivity contribution in [3.63, 3.8) is 0 Å². The fraction of sp³-hybridized carbons (Fsp3) is 0.900. The van der Waals surface area contributed by atoms with Crippen molar-refractivity contribution in [1.82, 2.24) is 0 Å². The van der Waals surface area contributed by atoms with Crippen LogP contribution >= 0.6 is 0 Å². The molecule has 0 amide bonds. The van der Waals surface area contributed by atoms with Gasteiger partial charge in [-0.1, -0.05) is 26.7 Å². The molecule has 0 spiro atoms. The average molecular weight is 155 g/mol. The third-order valence-electron chi connectivity index (χ3n) is 2.11. The fourth-order valence-electron chi connectivity index (χ4n) is 1.12. The molecule has 0 aliphatic heterocycles. The van der Waals surface area contributed by atoms with E-state index in [4.69, 9.17) is 0 Å². The van der Waals surface area contributed by atoms with Crippen molar-refractivity contribution in [2.75, 3.05) is 6.54 Å². The standard InChI is InChI=1S/C10H21N/c1-5-7-8-9(3)10(4)11-6-2/h9H,5-8H2,1-4H3. The van der Waals surface area contributed by atoms with Crippen molar-refractivity contribution in [2.24, 2.45) is 10.9 Å². The van der Waals surface area contributed by atoms with Crippen molar-refractivity contribution in [3.8, 4) is 0 Å². The summed E-state index contributed by atoms with van der Waals surface area (Å²) in [5.41, 5.74) is 1.32. The van der Waals surface area contributed by atoms with Crippen molar-refractivity contribution in [3.05, 3.63) is 0 Å². The Morgan fingerprint density at radius 2 is 2.00 bits per heavy atom. The molecular formula is C10H21N. The van der Waals surface area contributed by atoms with Crippen LogP contribution in [0.5, 0.6) is 0 Å². The van der Waals surface area contributed by atoms with Gasteiger partial charge in [0.15, 0.2) is 0 Å². The number of nitrogens with zero attached hydrogens (tertiary/aromatic N) is 1. The minimum atomic E-state index is 0.690. The summed E-state index contributed by atoms with van der Waals surface area (Å²) in [4.78, 5) is 4.39. The molecule has 0 aromatic heterocycles. The summed E-state index contributed by atoms with van der Waals surface area (Å²) < 4.78 is 0. The van der Waals surface area contributed by atoms with E-state index in [1.165, 1.54) is 25.0 Å². The van der Waals surface area contributed by atoms with E-state index in [0.29, 0.717) is 5.92 Å². The van der Waals surface area contributed by atoms with Gasteiger partial charge in [0.2, 0.25) is 0 Å². The smallest absolute Gasteiger partial charge is 0.0360 e. The molecule has 0 saturated carbocycles. The van der Waals surface area contributed by atoms with Gasteiger partial charge in [-0.15, -0.1) is 0 Å². The van der Waals surface area contributed by atoms with E-state index in [9.17, 15) is 0 Å². The highest BCUT2D eigenvalue weighted by atomic mass is 14.7. The summed E-state index contributed by atoms with van der Waals surface area (Å²) in [7, 11) is 0. The van der Waals surface area contributed by atoms with Crippen LogP contribution in [0, 0.1) is 5.92 Å². The highest BCUT2D eigenvalue weighted by Gasteiger charge is 2.03. The van der Waals surface area contributed by atoms with Gasteiger partial charge in [0.1, 0.15) is 0 Å². The summed E-state index contributed by atoms with van der Waals surface area (Å²) >= 11 is 0. The number of unbranched alkanes of at least 4 members (excludes halogenated alkanes) is 1. The van der Waals surface area contributed by atoms with Gasteiger partial charge < -0.3 is 0 Å². The zero-order valence-corrected chi connectivity index (χ0v) is 8.35. The Balaban J connectivity index is 3.63. The molecule has 66 valence electrons. The molecule has 0 aliphatic rings. The van der Waals surface area contributed by atoms with Gasteiger partial charge in [0.25, 0.3) is 0 Å². The number of aliphatic imine (C=N–C) groups is 1. The van der Waals surface area contributed by atoms with Crippen molar-refractivity contribution >= 4 is 5.71 Å². The first-order valence-electron chi connectivity index (χ1n) is 4.73. The Kier molecular flexibility index (Phi) is 6.19. The first kappa shape index (κ1) is 10.7. The predicted octanol–water partition coefficient (Wildman–Crippen LogP) is 3.29. The molecule has 0 radical (unpaired) electrons. The monoisotopic (exact) mass is 155 g/mol. The van der Waals surface area contributed by atoms with Crippen molar-refractivity contribution in [2.45, 2.75) is 47.0 Å². The Labute approximate surface area is 70.9 Å². The molecule has 1 nitrogen and oxygen atoms in total. The zero-order chi connectivity index (χ0) is 8.69. The zero-order valence-electron chi connectivity index (χ0n) is 8.35. The Morgan fingerprint density at radius 1 is 1.36 bits per heavy atom. The molecule has 1 unspecified atom stereocenters. The molecule has 0 N–H and O–H groups in total. The second-order valence-corrected chi connectivity index (χ2v) is 3.16. The molecule has 0 aliphatic carbocycles. The van der Waals surface area contributed by atoms with Gasteiger partial charge in [-0.05, 0) is 26.2 Å². The second kappa shape index (κ2) is 6.38. The van der Waals surface area contributed by atoms with Gasteiger partial charge >= 0.3 is 0 Å². The largest absolute Gasteiger partial charge is 0.294 e. The average Bonchev–Trinajstić information content (AvgIpc) is 2.00. The fourth-order valence-corrected chi connectivity index (χ4v) is 1.12. The van der Waals surface area contributed by atoms with Gasteiger partial charge in [-0.2, -0.15) is 0 Å². The Morgan fingerprint density at radius 3 is 2.45 bits per heavy atom. The van der Waals surface area contributed by atoms with E-state index in [0.717, 1.165) is 6.54 Å². The molecule has 0 fully saturated rings. The van der Waals surface area contributed by atoms with Crippen LogP contribution in [0.1, 0.15) is 47.0 Å². The summed E-state index contributed by atoms with van der Waals surface area (Å²) in [6.07, 6.45) is 3.92. The molecule has 0 heterocycles. The number of hydrogen-bond acceptors (Lipinski definition) is 1. The third-order valence-corrected chi connectivity index (χ3v) is 2.11. The van der Waals surface area contributed by atoms with Crippen molar-refractivity contribution < 1.29 is 0 Å². The van der Waals surface area contributed by atoms with E-state index in [2.05, 4.69) is 32.7 Å². The molecule has 0 aromatic carbocycles. The molecule has 0 rings (SSSR count). The maximum atomic E-state index is 4.39. The van der Waals surface area contributed by atoms with Crippen LogP contribution < -0.4 is 0 Å². The summed E-state index contributed by atoms with van der Waals surface area (Å²) in [5, 5.41) is 0. The lowest BCUT2D eigenvalue weighted by molar-refractivity contribution is 0.621. The van der Waals surface area contributed by atoms with E-state index in [-0.39, 0.29) is 0 Å². The van der Waals surface area contributed by atoms with E-state index < -0.39 is 0 Å². The molecule has 1 atom stereocenters. The van der Waals surface area contributed by atoms with Crippen LogP contribution in [0.25, 0.3) is 0 Å². The topological polar surface area (TPSA) is 12.4 Å². The molecule has 11 heavy (non-hydrogen) atoms. The van der Waals surface area contributed by atoms with Crippen LogP contribution in [0.15, 0.2) is 4.99 Å². The quantitative estimate of drug-likeness (QED) is 0.540. The molecular weight excluding hydrogens is 134 g/mol. The Hall–Kier alpha value is -0.330. The molecule has 1 heteroatoms. The van der Waals surface area contributed by atoms with Crippen LogP contribution in [0.2, 0.25) is 0 Å². The van der Waals surface area contributed by atoms with Crippen LogP contribution in [-0.2, 0) is 0 Å². The SMILES string of the molecule is CCCCC(C)C(C)=NCC. The van der Waals surface area contributed by atoms with Gasteiger partial charge in [0, 0.05) is 12.3 Å². The number of rotatable bonds is 5. The minimum absolute atomic E-state index is 0.690. The highest BCUT2D eigenvalue weighted by molar-refractivity contribution is 5.83. The van der Waals surface area contributed by atoms with Crippen LogP contribution in [0.4, 0.5) is 0 Å². The van der Waals surface area contributed by atoms with E-state index in [1.807, 2.05) is 0 Å². The maximum absolute atomic E-state index is 4.39. The van der Waals surface area contributed by atoms with Crippen LogP contribution in [0.3, 0.4) is 0 Å². The summed E-state index contributed by atoms with van der Waals surface area (Å²) in [6.45, 7) is 9.67. The molecule has 0 aromatic rings. The van der Waals surface area contributed by atoms with E-state index >= 15 is 0 Å². The van der Waals surface area contributed by atoms with Gasteiger partial charge in [0.05, 0.1) is 0 Å². The second-order valence-electron chi connectivity index (χ2n) is 3.16. The lowest BCUT2D eigenvalue weighted by Crippen LogP contribution is -2.07. The molecule has 0 bridgehead atoms. The third kappa shape index (κ3) is 5.00. The highest BCUT2D eigenvalue weighted by Crippen LogP contribution is 2.09. The Bertz CT molecular complexity index is 116. The summed E-state index contributed by atoms with van der Waals surface area (Å²) in [6, 6.07) is 0. The lowest BCUT2D eigenvalue weighted by Gasteiger charge is -2.09. The first-order valence-corrected chi connectivity index (χ1v) is 4.73. The van der Waals surface area contributed by atoms with Gasteiger partial charge in [-0.25, -0.2) is 0 Å².